The van der Waals surface area contributed by atoms with E-state index in [0.29, 0.717) is 63.2 Å². The van der Waals surface area contributed by atoms with E-state index in [1.807, 2.05) is 54.9 Å². The predicted octanol–water partition coefficient (Wildman–Crippen LogP) is 3.32. The predicted molar refractivity (Wildman–Crippen MR) is 368 cm³/mol. The number of carbonyl (C=O) groups is 8. The maximum absolute atomic E-state index is 15.7. The van der Waals surface area contributed by atoms with Crippen LogP contribution in [-0.2, 0) is 102 Å². The molecule has 6 amide bonds. The minimum atomic E-state index is -2.12. The van der Waals surface area contributed by atoms with E-state index in [-0.39, 0.29) is 130 Å². The summed E-state index contributed by atoms with van der Waals surface area (Å²) in [6, 6.07) is 19.7. The number of nitrogens with zero attached hydrogens (tertiary/aromatic N) is 6. The molecule has 0 saturated carbocycles. The van der Waals surface area contributed by atoms with E-state index in [2.05, 4.69) is 36.9 Å². The summed E-state index contributed by atoms with van der Waals surface area (Å²) in [7, 11) is 1.50. The fourth-order valence-corrected chi connectivity index (χ4v) is 13.9. The molecule has 4 aliphatic heterocycles. The van der Waals surface area contributed by atoms with E-state index >= 15 is 4.39 Å². The normalized spacial score (nSPS) is 20.0. The molecule has 554 valence electrons. The maximum Gasteiger partial charge on any atom is 0.407 e. The number of cyclic esters (lactones) is 1. The number of carboxylic acid groups (broad SMARTS) is 1. The van der Waals surface area contributed by atoms with Gasteiger partial charge in [-0.15, -0.1) is 5.10 Å². The van der Waals surface area contributed by atoms with Crippen LogP contribution in [0.25, 0.3) is 44.8 Å². The number of rotatable bonds is 26. The molecule has 8 atom stereocenters. The number of ether oxygens (including phenoxy) is 6. The molecule has 10 N–H and O–H groups in total. The quantitative estimate of drug-likeness (QED) is 0.0274. The second kappa shape index (κ2) is 31.4. The van der Waals surface area contributed by atoms with Crippen LogP contribution < -0.4 is 41.8 Å². The van der Waals surface area contributed by atoms with Crippen molar-refractivity contribution in [2.24, 2.45) is 0 Å². The van der Waals surface area contributed by atoms with Crippen molar-refractivity contribution in [2.45, 2.75) is 160 Å². The Kier molecular flexibility index (Phi) is 22.1. The zero-order valence-electron chi connectivity index (χ0n) is 58.1. The van der Waals surface area contributed by atoms with Gasteiger partial charge in [-0.25, -0.2) is 28.4 Å². The van der Waals surface area contributed by atoms with Gasteiger partial charge in [0, 0.05) is 97.7 Å². The number of benzene rings is 4. The van der Waals surface area contributed by atoms with Crippen LogP contribution in [0.3, 0.4) is 0 Å². The molecule has 3 aromatic heterocycles. The third kappa shape index (κ3) is 15.1. The highest BCUT2D eigenvalue weighted by Gasteiger charge is 2.49. The molecule has 31 nitrogen and oxygen atoms in total. The summed E-state index contributed by atoms with van der Waals surface area (Å²) in [5.41, 5.74) is 5.11. The summed E-state index contributed by atoms with van der Waals surface area (Å²) in [6.45, 7) is 5.97. The summed E-state index contributed by atoms with van der Waals surface area (Å²) in [6.07, 6.45) is -11.6. The minimum Gasteiger partial charge on any atom is -0.479 e. The Morgan fingerprint density at radius 1 is 0.819 bits per heavy atom. The number of esters is 1. The van der Waals surface area contributed by atoms with E-state index in [1.54, 1.807) is 30.9 Å². The first-order chi connectivity index (χ1) is 50.4. The van der Waals surface area contributed by atoms with Gasteiger partial charge in [-0.1, -0.05) is 60.7 Å². The van der Waals surface area contributed by atoms with Crippen LogP contribution in [0, 0.1) is 12.7 Å². The van der Waals surface area contributed by atoms with Crippen molar-refractivity contribution in [3.05, 3.63) is 145 Å². The van der Waals surface area contributed by atoms with Crippen LogP contribution >= 0.6 is 0 Å². The number of methoxy groups -OCH3 is 1. The topological polar surface area (TPSA) is 422 Å². The Morgan fingerprint density at radius 3 is 2.34 bits per heavy atom. The fourth-order valence-electron chi connectivity index (χ4n) is 13.9. The van der Waals surface area contributed by atoms with E-state index in [0.717, 1.165) is 16.8 Å². The summed E-state index contributed by atoms with van der Waals surface area (Å²) in [5.74, 6) is -6.34. The number of para-hydroxylation sites is 1. The number of aromatic nitrogens is 5. The molecule has 12 rings (SSSR count). The number of aryl methyl sites for hydroxylation is 1. The molecule has 0 unspecified atom stereocenters. The summed E-state index contributed by atoms with van der Waals surface area (Å²) < 4.78 is 51.8. The number of carbonyl (C=O) groups excluding carboxylic acids is 7. The lowest BCUT2D eigenvalue weighted by atomic mass is 9.81. The van der Waals surface area contributed by atoms with Crippen LogP contribution in [0.5, 0.6) is 5.75 Å². The smallest absolute Gasteiger partial charge is 0.407 e. The van der Waals surface area contributed by atoms with Crippen LogP contribution in [0.4, 0.5) is 14.9 Å². The van der Waals surface area contributed by atoms with Crippen molar-refractivity contribution in [3.8, 4) is 39.7 Å². The third-order valence-electron chi connectivity index (χ3n) is 19.5. The summed E-state index contributed by atoms with van der Waals surface area (Å²) >= 11 is 0. The molecule has 0 bridgehead atoms. The van der Waals surface area contributed by atoms with Crippen molar-refractivity contribution in [3.63, 3.8) is 0 Å². The molecular weight excluding hydrogens is 1370 g/mol. The standard InChI is InChI=1S/C73H80FN11O20/c1-6-73(99)46-28-52-60-44(33-84(52)68(94)45(46)35-102-71(73)97)59-48(17-16-41-37(4)47(74)29-49(79-60)58(41)59)80-72(98)103-34-38-15-18-53(104-70-65(92)63(90)64(91)66(105-70)69(95)96)40(27-38)30-76-54(86)21-23-75-67(93)50(31-77-55(87)22-24-101-26-25-100-5)78-56(88)19-20-57(89)83-32-39-11-7-8-12-42(39)62-61(81-82-85(62)36(2)3)43-13-9-10-14-51(43)83/h7-15,18,27-29,36,48,50,63-66,70,90-92,99H,6,16-17,19-26,30-35H2,1-5H3,(H,75,93)(H,76,86)(H,77,87)(H,78,88)(H,80,98)(H,95,96)/t48-,50-,63-,64-,65+,66-,70+,73-/m0/s1. The van der Waals surface area contributed by atoms with Gasteiger partial charge in [-0.05, 0) is 92.1 Å². The number of pyridine rings is 2. The Labute approximate surface area is 599 Å². The lowest BCUT2D eigenvalue weighted by Gasteiger charge is -2.38. The van der Waals surface area contributed by atoms with Gasteiger partial charge >= 0.3 is 18.0 Å². The van der Waals surface area contributed by atoms with Crippen LogP contribution in [0.1, 0.15) is 121 Å². The molecule has 7 heterocycles. The maximum atomic E-state index is 15.7. The van der Waals surface area contributed by atoms with Gasteiger partial charge in [-0.3, -0.25) is 28.8 Å². The number of carboxylic acids is 1. The monoisotopic (exact) mass is 1450 g/mol. The van der Waals surface area contributed by atoms with Crippen molar-refractivity contribution >= 4 is 64.2 Å². The van der Waals surface area contributed by atoms with Crippen LogP contribution in [0.15, 0.2) is 83.7 Å². The lowest BCUT2D eigenvalue weighted by molar-refractivity contribution is -0.271. The SMILES string of the molecule is CC[C@@]1(O)C(=O)OCc2c1cc1n(c2=O)Cc2c-1nc1cc(F)c(C)c3c1c2[C@@H](NC(=O)OCc1ccc(O[C@@H]2O[C@H](C(=O)O)[C@@H](O)[C@H](O)[C@H]2O)c(CNC(=O)CCNC(=O)[C@H](CNC(=O)CCOCCOC)NC(=O)CCC(=O)N2Cc4ccccc4-c4c(nnn4C(C)C)-c4ccccc42)c1)CC3. The number of aliphatic hydroxyl groups excluding tert-OH is 3. The first kappa shape index (κ1) is 74.1. The second-order valence-corrected chi connectivity index (χ2v) is 26.5. The number of aliphatic hydroxyl groups is 4. The van der Waals surface area contributed by atoms with Crippen LogP contribution in [0.2, 0.25) is 0 Å². The second-order valence-electron chi connectivity index (χ2n) is 26.5. The average molecular weight is 1450 g/mol. The molecule has 0 spiro atoms. The van der Waals surface area contributed by atoms with E-state index in [1.165, 1.54) is 42.0 Å². The first-order valence-electron chi connectivity index (χ1n) is 34.5. The number of aliphatic carboxylic acids is 1. The van der Waals surface area contributed by atoms with Gasteiger partial charge in [0.25, 0.3) is 5.56 Å². The van der Waals surface area contributed by atoms with E-state index < -0.39 is 120 Å². The number of alkyl carbamates (subject to hydrolysis) is 1. The number of anilines is 1. The number of fused-ring (bicyclic) bond motifs is 10. The number of nitrogens with one attached hydrogen (secondary N) is 5. The Bertz CT molecular complexity index is 4660. The zero-order chi connectivity index (χ0) is 74.7. The van der Waals surface area contributed by atoms with Crippen molar-refractivity contribution in [1.82, 2.24) is 51.1 Å². The highest BCUT2D eigenvalue weighted by atomic mass is 19.1. The molecule has 0 radical (unpaired) electrons. The average Bonchev–Trinajstić information content (AvgIpc) is 1.60. The molecule has 7 aromatic rings. The highest BCUT2D eigenvalue weighted by Crippen LogP contribution is 2.47. The number of hydrogen-bond donors (Lipinski definition) is 10. The molecule has 1 saturated heterocycles. The molecule has 1 aliphatic carbocycles. The van der Waals surface area contributed by atoms with E-state index in [4.69, 9.17) is 33.4 Å². The summed E-state index contributed by atoms with van der Waals surface area (Å²) in [4.78, 5) is 129. The van der Waals surface area contributed by atoms with Gasteiger partial charge in [0.05, 0.1) is 72.8 Å². The highest BCUT2D eigenvalue weighted by molar-refractivity contribution is 6.02. The first-order valence-corrected chi connectivity index (χ1v) is 34.5. The van der Waals surface area contributed by atoms with E-state index in [9.17, 15) is 68.7 Å². The summed E-state index contributed by atoms with van der Waals surface area (Å²) in [5, 5.41) is 76.4. The van der Waals surface area contributed by atoms with Crippen molar-refractivity contribution in [2.75, 3.05) is 44.9 Å². The Morgan fingerprint density at radius 2 is 1.58 bits per heavy atom. The molecule has 1 fully saturated rings. The van der Waals surface area contributed by atoms with Gasteiger partial charge in [0.15, 0.2) is 11.7 Å². The minimum absolute atomic E-state index is 0.0251. The van der Waals surface area contributed by atoms with Gasteiger partial charge in [-0.2, -0.15) is 0 Å². The Hall–Kier alpha value is -10.6. The van der Waals surface area contributed by atoms with Gasteiger partial charge < -0.3 is 90.0 Å². The molecular formula is C73H80FN11O20. The number of halogens is 1. The fraction of sp³-hybridized carbons (Fsp3) is 0.425. The lowest BCUT2D eigenvalue weighted by Crippen LogP contribution is -2.61. The van der Waals surface area contributed by atoms with Crippen LogP contribution in [-0.4, -0.2) is 174 Å². The van der Waals surface area contributed by atoms with Crippen molar-refractivity contribution in [1.29, 1.82) is 0 Å². The largest absolute Gasteiger partial charge is 0.479 e. The number of hydrogen-bond acceptors (Lipinski definition) is 22. The van der Waals surface area contributed by atoms with Gasteiger partial charge in [0.1, 0.15) is 54.8 Å². The molecule has 5 aliphatic rings. The molecule has 105 heavy (non-hydrogen) atoms. The molecule has 32 heteroatoms. The third-order valence-corrected chi connectivity index (χ3v) is 19.5. The van der Waals surface area contributed by atoms with Gasteiger partial charge in [0.2, 0.25) is 35.8 Å². The molecule has 4 aromatic carbocycles. The Balaban J connectivity index is 0.723. The zero-order valence-corrected chi connectivity index (χ0v) is 58.1. The van der Waals surface area contributed by atoms with Crippen molar-refractivity contribution < 1.29 is 96.7 Å². The number of amides is 6.